The number of nitrogens with one attached hydrogen (secondary N) is 1. The number of benzene rings is 2. The number of hydrogen-bond acceptors (Lipinski definition) is 4. The van der Waals surface area contributed by atoms with E-state index in [9.17, 15) is 10.1 Å². The highest BCUT2D eigenvalue weighted by Gasteiger charge is 2.21. The maximum Gasteiger partial charge on any atom is 0.180 e. The number of nitriles is 1. The van der Waals surface area contributed by atoms with Gasteiger partial charge < -0.3 is 9.72 Å². The number of hydrogen-bond donors (Lipinski definition) is 1. The third-order valence-electron chi connectivity index (χ3n) is 3.73. The fourth-order valence-corrected chi connectivity index (χ4v) is 2.49. The van der Waals surface area contributed by atoms with Gasteiger partial charge in [0, 0.05) is 0 Å². The summed E-state index contributed by atoms with van der Waals surface area (Å²) in [6.07, 6.45) is 3.10. The molecule has 0 aliphatic heterocycles. The summed E-state index contributed by atoms with van der Waals surface area (Å²) < 4.78 is 5.38. The lowest BCUT2D eigenvalue weighted by Crippen LogP contribution is -2.09. The molecule has 5 heteroatoms. The Kier molecular flexibility index (Phi) is 4.91. The zero-order valence-corrected chi connectivity index (χ0v) is 13.8. The van der Waals surface area contributed by atoms with Crippen LogP contribution in [-0.4, -0.2) is 22.4 Å². The highest BCUT2D eigenvalue weighted by Crippen LogP contribution is 2.19. The summed E-state index contributed by atoms with van der Waals surface area (Å²) in [5.74, 6) is -0.116. The number of rotatable bonds is 6. The Bertz CT molecular complexity index is 916. The molecule has 5 nitrogen and oxygen atoms in total. The van der Waals surface area contributed by atoms with Crippen LogP contribution < -0.4 is 4.74 Å². The molecule has 3 rings (SSSR count). The Balaban J connectivity index is 1.77. The van der Waals surface area contributed by atoms with Crippen molar-refractivity contribution in [2.24, 2.45) is 0 Å². The van der Waals surface area contributed by atoms with Gasteiger partial charge in [0.05, 0.1) is 23.7 Å². The summed E-state index contributed by atoms with van der Waals surface area (Å²) in [6.45, 7) is 2.53. The summed E-state index contributed by atoms with van der Waals surface area (Å²) in [5, 5.41) is 9.39. The van der Waals surface area contributed by atoms with Crippen LogP contribution in [0.3, 0.4) is 0 Å². The minimum atomic E-state index is -0.952. The monoisotopic (exact) mass is 331 g/mol. The number of ether oxygens (including phenoxy) is 1. The number of ketones is 1. The van der Waals surface area contributed by atoms with Crippen molar-refractivity contribution >= 4 is 22.9 Å². The molecule has 1 aromatic heterocycles. The fraction of sp³-hybridized carbons (Fsp3) is 0.150. The third kappa shape index (κ3) is 3.75. The molecule has 0 amide bonds. The topological polar surface area (TPSA) is 78.8 Å². The predicted molar refractivity (Wildman–Crippen MR) is 96.1 cm³/mol. The second-order valence-corrected chi connectivity index (χ2v) is 5.44. The largest absolute Gasteiger partial charge is 0.494 e. The van der Waals surface area contributed by atoms with Gasteiger partial charge in [0.25, 0.3) is 0 Å². The lowest BCUT2D eigenvalue weighted by molar-refractivity contribution is -0.114. The maximum absolute atomic E-state index is 12.4. The molecule has 1 atom stereocenters. The molecule has 0 spiro atoms. The smallest absolute Gasteiger partial charge is 0.180 e. The van der Waals surface area contributed by atoms with E-state index in [0.717, 1.165) is 22.3 Å². The van der Waals surface area contributed by atoms with Crippen LogP contribution in [-0.2, 0) is 4.79 Å². The van der Waals surface area contributed by atoms with Crippen molar-refractivity contribution in [1.29, 1.82) is 5.26 Å². The summed E-state index contributed by atoms with van der Waals surface area (Å²) >= 11 is 0. The molecule has 0 aliphatic rings. The van der Waals surface area contributed by atoms with Crippen LogP contribution in [0.1, 0.15) is 24.2 Å². The van der Waals surface area contributed by atoms with Gasteiger partial charge >= 0.3 is 0 Å². The quantitative estimate of drug-likeness (QED) is 0.696. The van der Waals surface area contributed by atoms with Crippen molar-refractivity contribution in [1.82, 2.24) is 9.97 Å². The van der Waals surface area contributed by atoms with Crippen molar-refractivity contribution < 1.29 is 9.53 Å². The zero-order valence-electron chi connectivity index (χ0n) is 13.8. The van der Waals surface area contributed by atoms with Crippen LogP contribution in [0.15, 0.2) is 54.6 Å². The molecule has 0 saturated carbocycles. The number of imidazole rings is 1. The van der Waals surface area contributed by atoms with E-state index in [2.05, 4.69) is 9.97 Å². The van der Waals surface area contributed by atoms with Crippen molar-refractivity contribution in [3.63, 3.8) is 0 Å². The molecule has 1 unspecified atom stereocenters. The number of para-hydroxylation sites is 2. The van der Waals surface area contributed by atoms with Gasteiger partial charge in [-0.25, -0.2) is 4.98 Å². The highest BCUT2D eigenvalue weighted by atomic mass is 16.5. The molecular weight excluding hydrogens is 314 g/mol. The highest BCUT2D eigenvalue weighted by molar-refractivity contribution is 6.00. The second kappa shape index (κ2) is 7.45. The first-order chi connectivity index (χ1) is 12.2. The molecular formula is C20H17N3O2. The molecule has 0 saturated heterocycles. The van der Waals surface area contributed by atoms with E-state index >= 15 is 0 Å². The number of aromatic amines is 1. The van der Waals surface area contributed by atoms with E-state index in [1.165, 1.54) is 6.08 Å². The molecule has 1 N–H and O–H groups in total. The van der Waals surface area contributed by atoms with Gasteiger partial charge in [0.1, 0.15) is 11.6 Å². The summed E-state index contributed by atoms with van der Waals surface area (Å²) in [6, 6.07) is 16.9. The van der Waals surface area contributed by atoms with E-state index < -0.39 is 5.92 Å². The van der Waals surface area contributed by atoms with Gasteiger partial charge in [-0.05, 0) is 42.8 Å². The fourth-order valence-electron chi connectivity index (χ4n) is 2.49. The standard InChI is InChI=1S/C20H17N3O2/c1-2-25-15-10-7-14(8-11-15)9-12-19(24)16(13-21)20-22-17-5-3-4-6-18(17)23-20/h3-12,16H,2H2,1H3,(H,22,23)/b12-9+. The number of nitrogens with zero attached hydrogens (tertiary/aromatic N) is 2. The van der Waals surface area contributed by atoms with Gasteiger partial charge in [-0.15, -0.1) is 0 Å². The van der Waals surface area contributed by atoms with Crippen molar-refractivity contribution in [3.05, 3.63) is 66.0 Å². The van der Waals surface area contributed by atoms with Gasteiger partial charge in [-0.3, -0.25) is 4.79 Å². The average Bonchev–Trinajstić information content (AvgIpc) is 3.05. The molecule has 25 heavy (non-hydrogen) atoms. The Morgan fingerprint density at radius 3 is 2.72 bits per heavy atom. The molecule has 124 valence electrons. The predicted octanol–water partition coefficient (Wildman–Crippen LogP) is 3.85. The normalized spacial score (nSPS) is 12.2. The first-order valence-electron chi connectivity index (χ1n) is 8.00. The first-order valence-corrected chi connectivity index (χ1v) is 8.00. The zero-order chi connectivity index (χ0) is 17.6. The molecule has 0 fully saturated rings. The van der Waals surface area contributed by atoms with Crippen LogP contribution in [0.5, 0.6) is 5.75 Å². The first kappa shape index (κ1) is 16.5. The summed E-state index contributed by atoms with van der Waals surface area (Å²) in [5.41, 5.74) is 2.40. The van der Waals surface area contributed by atoms with Crippen LogP contribution in [0.25, 0.3) is 17.1 Å². The maximum atomic E-state index is 12.4. The second-order valence-electron chi connectivity index (χ2n) is 5.44. The number of fused-ring (bicyclic) bond motifs is 1. The van der Waals surface area contributed by atoms with Gasteiger partial charge in [0.15, 0.2) is 11.7 Å². The molecule has 1 heterocycles. The van der Waals surface area contributed by atoms with Gasteiger partial charge in [-0.2, -0.15) is 5.26 Å². The minimum absolute atomic E-state index is 0.310. The van der Waals surface area contributed by atoms with E-state index in [0.29, 0.717) is 12.4 Å². The molecule has 3 aromatic rings. The number of carbonyl (C=O) groups excluding carboxylic acids is 1. The Hall–Kier alpha value is -3.39. The van der Waals surface area contributed by atoms with E-state index in [1.54, 1.807) is 6.08 Å². The van der Waals surface area contributed by atoms with E-state index in [4.69, 9.17) is 4.74 Å². The minimum Gasteiger partial charge on any atom is -0.494 e. The van der Waals surface area contributed by atoms with Crippen LogP contribution in [0.4, 0.5) is 0 Å². The molecule has 2 aromatic carbocycles. The lowest BCUT2D eigenvalue weighted by Gasteiger charge is -2.03. The number of H-pyrrole nitrogens is 1. The number of allylic oxidation sites excluding steroid dienone is 1. The van der Waals surface area contributed by atoms with Gasteiger partial charge in [-0.1, -0.05) is 30.3 Å². The Morgan fingerprint density at radius 2 is 2.04 bits per heavy atom. The Morgan fingerprint density at radius 1 is 1.28 bits per heavy atom. The SMILES string of the molecule is CCOc1ccc(/C=C/C(=O)C(C#N)c2nc3ccccc3[nH]2)cc1. The average molecular weight is 331 g/mol. The lowest BCUT2D eigenvalue weighted by atomic mass is 10.0. The van der Waals surface area contributed by atoms with Crippen LogP contribution in [0, 0.1) is 11.3 Å². The molecule has 0 aliphatic carbocycles. The van der Waals surface area contributed by atoms with Crippen molar-refractivity contribution in [3.8, 4) is 11.8 Å². The van der Waals surface area contributed by atoms with Crippen molar-refractivity contribution in [2.75, 3.05) is 6.61 Å². The van der Waals surface area contributed by atoms with Crippen LogP contribution in [0.2, 0.25) is 0 Å². The van der Waals surface area contributed by atoms with Crippen molar-refractivity contribution in [2.45, 2.75) is 12.8 Å². The summed E-state index contributed by atoms with van der Waals surface area (Å²) in [7, 11) is 0. The summed E-state index contributed by atoms with van der Waals surface area (Å²) in [4.78, 5) is 19.8. The number of carbonyl (C=O) groups is 1. The molecule has 0 bridgehead atoms. The Labute approximate surface area is 145 Å². The van der Waals surface area contributed by atoms with E-state index in [-0.39, 0.29) is 5.78 Å². The van der Waals surface area contributed by atoms with E-state index in [1.807, 2.05) is 61.5 Å². The van der Waals surface area contributed by atoms with Crippen LogP contribution >= 0.6 is 0 Å². The third-order valence-corrected chi connectivity index (χ3v) is 3.73. The van der Waals surface area contributed by atoms with Gasteiger partial charge in [0.2, 0.25) is 0 Å². The number of aromatic nitrogens is 2. The molecule has 0 radical (unpaired) electrons.